The Balaban J connectivity index is -0.0000000564. The van der Waals surface area contributed by atoms with Gasteiger partial charge in [-0.1, -0.05) is 14.9 Å². The molecule has 0 atom stereocenters. The highest BCUT2D eigenvalue weighted by molar-refractivity contribution is 5.70. The van der Waals surface area contributed by atoms with Crippen LogP contribution in [0.15, 0.2) is 0 Å². The van der Waals surface area contributed by atoms with Crippen LogP contribution in [0.5, 0.6) is 0 Å². The van der Waals surface area contributed by atoms with E-state index in [0.717, 1.165) is 0 Å². The maximum absolute atomic E-state index is 11.1. The molecule has 0 fully saturated rings. The van der Waals surface area contributed by atoms with Crippen LogP contribution in [-0.2, 0) is 9.53 Å². The van der Waals surface area contributed by atoms with E-state index in [1.807, 2.05) is 0 Å². The highest BCUT2D eigenvalue weighted by Crippen LogP contribution is 1.75. The van der Waals surface area contributed by atoms with Crippen LogP contribution in [0.3, 0.4) is 0 Å². The lowest BCUT2D eigenvalue weighted by Gasteiger charge is -1.92. The second kappa shape index (κ2) is 22.8. The molecule has 0 saturated heterocycles. The van der Waals surface area contributed by atoms with Gasteiger partial charge in [0.15, 0.2) is 6.67 Å². The summed E-state index contributed by atoms with van der Waals surface area (Å²) in [7, 11) is 0.500. The van der Waals surface area contributed by atoms with Crippen molar-refractivity contribution in [2.24, 2.45) is 0 Å². The van der Waals surface area contributed by atoms with Gasteiger partial charge in [0.2, 0.25) is 0 Å². The van der Waals surface area contributed by atoms with Crippen molar-refractivity contribution in [3.8, 4) is 0 Å². The van der Waals surface area contributed by atoms with Crippen LogP contribution in [-0.4, -0.2) is 26.4 Å². The number of halogens is 2. The van der Waals surface area contributed by atoms with Crippen molar-refractivity contribution in [3.63, 3.8) is 0 Å². The molecule has 2 nitrogen and oxygen atoms in total. The zero-order valence-corrected chi connectivity index (χ0v) is 5.49. The molecule has 0 rings (SSSR count). The van der Waals surface area contributed by atoms with E-state index in [2.05, 4.69) is 4.74 Å². The molecule has 11 heavy (non-hydrogen) atoms. The van der Waals surface area contributed by atoms with Crippen molar-refractivity contribution >= 4 is 5.97 Å². The summed E-state index contributed by atoms with van der Waals surface area (Å²) in [6.45, 7) is 0.865. The predicted octanol–water partition coefficient (Wildman–Crippen LogP) is 2.38. The lowest BCUT2D eigenvalue weighted by Crippen LogP contribution is -2.04. The van der Waals surface area contributed by atoms with Gasteiger partial charge in [-0.3, -0.25) is 4.39 Å². The SMILES string of the molecule is C.C.CCOC(=O)CF.CF. The van der Waals surface area contributed by atoms with Gasteiger partial charge < -0.3 is 4.74 Å². The molecular formula is C7H18F2O2. The van der Waals surface area contributed by atoms with Gasteiger partial charge in [-0.25, -0.2) is 9.18 Å². The molecule has 0 amide bonds. The second-order valence-electron chi connectivity index (χ2n) is 0.939. The van der Waals surface area contributed by atoms with Crippen molar-refractivity contribution in [1.82, 2.24) is 0 Å². The van der Waals surface area contributed by atoms with Crippen LogP contribution in [0, 0.1) is 0 Å². The molecule has 0 aromatic carbocycles. The van der Waals surface area contributed by atoms with E-state index in [1.165, 1.54) is 0 Å². The lowest BCUT2D eigenvalue weighted by atomic mass is 10.7. The Kier molecular flexibility index (Phi) is 46.5. The van der Waals surface area contributed by atoms with E-state index < -0.39 is 12.6 Å². The first-order valence-electron chi connectivity index (χ1n) is 2.40. The summed E-state index contributed by atoms with van der Waals surface area (Å²) in [5.41, 5.74) is 0. The fourth-order valence-corrected chi connectivity index (χ4v) is 0.200. The number of hydrogen-bond donors (Lipinski definition) is 0. The van der Waals surface area contributed by atoms with Crippen LogP contribution in [0.2, 0.25) is 0 Å². The molecule has 0 aliphatic carbocycles. The summed E-state index contributed by atoms with van der Waals surface area (Å²) in [5.74, 6) is -0.789. The molecule has 0 heterocycles. The van der Waals surface area contributed by atoms with Gasteiger partial charge in [-0.2, -0.15) is 0 Å². The number of carbonyl (C=O) groups is 1. The molecular weight excluding hydrogens is 154 g/mol. The third kappa shape index (κ3) is 26.7. The van der Waals surface area contributed by atoms with Crippen LogP contribution in [0.4, 0.5) is 8.78 Å². The summed E-state index contributed by atoms with van der Waals surface area (Å²) < 4.78 is 24.8. The predicted molar refractivity (Wildman–Crippen MR) is 43.1 cm³/mol. The molecule has 0 spiro atoms. The van der Waals surface area contributed by atoms with Crippen molar-refractivity contribution in [1.29, 1.82) is 0 Å². The van der Waals surface area contributed by atoms with Gasteiger partial charge in [0, 0.05) is 0 Å². The molecule has 0 radical (unpaired) electrons. The Hall–Kier alpha value is -0.670. The number of esters is 1. The normalized spacial score (nSPS) is 5.82. The summed E-state index contributed by atoms with van der Waals surface area (Å²) in [6.07, 6.45) is 0. The second-order valence-corrected chi connectivity index (χ2v) is 0.939. The summed E-state index contributed by atoms with van der Waals surface area (Å²) in [6, 6.07) is 0. The Bertz CT molecular complexity index is 67.5. The van der Waals surface area contributed by atoms with Crippen molar-refractivity contribution in [3.05, 3.63) is 0 Å². The summed E-state index contributed by atoms with van der Waals surface area (Å²) in [5, 5.41) is 0. The van der Waals surface area contributed by atoms with Gasteiger partial charge in [0.05, 0.1) is 13.8 Å². The molecule has 4 heteroatoms. The number of hydrogen-bond acceptors (Lipinski definition) is 2. The highest BCUT2D eigenvalue weighted by atomic mass is 19.1. The molecule has 72 valence electrons. The lowest BCUT2D eigenvalue weighted by molar-refractivity contribution is -0.144. The topological polar surface area (TPSA) is 26.3 Å². The first-order chi connectivity index (χ1) is 4.31. The van der Waals surface area contributed by atoms with Crippen LogP contribution >= 0.6 is 0 Å². The maximum atomic E-state index is 11.1. The van der Waals surface area contributed by atoms with Gasteiger partial charge in [-0.05, 0) is 6.92 Å². The van der Waals surface area contributed by atoms with Crippen molar-refractivity contribution in [2.45, 2.75) is 21.8 Å². The van der Waals surface area contributed by atoms with E-state index in [-0.39, 0.29) is 21.5 Å². The molecule has 0 bridgehead atoms. The Morgan fingerprint density at radius 3 is 1.82 bits per heavy atom. The van der Waals surface area contributed by atoms with E-state index >= 15 is 0 Å². The Labute approximate surface area is 67.6 Å². The first-order valence-corrected chi connectivity index (χ1v) is 2.40. The van der Waals surface area contributed by atoms with Crippen molar-refractivity contribution in [2.75, 3.05) is 20.5 Å². The standard InChI is InChI=1S/C4H7FO2.CH3F.2CH4/c1-2-7-4(6)3-5;1-2;;/h2-3H2,1H3;1H3;2*1H4. The molecule has 0 aromatic rings. The Morgan fingerprint density at radius 1 is 1.36 bits per heavy atom. The molecule has 0 aliphatic rings. The van der Waals surface area contributed by atoms with Crippen LogP contribution in [0.1, 0.15) is 21.8 Å². The minimum absolute atomic E-state index is 0. The minimum atomic E-state index is -1.02. The van der Waals surface area contributed by atoms with Crippen LogP contribution < -0.4 is 0 Å². The van der Waals surface area contributed by atoms with E-state index in [0.29, 0.717) is 7.18 Å². The molecule has 0 saturated carbocycles. The molecule has 0 N–H and O–H groups in total. The van der Waals surface area contributed by atoms with E-state index in [9.17, 15) is 13.6 Å². The molecule has 0 unspecified atom stereocenters. The zero-order valence-electron chi connectivity index (χ0n) is 5.49. The van der Waals surface area contributed by atoms with Gasteiger partial charge in [-0.15, -0.1) is 0 Å². The molecule has 0 aliphatic heterocycles. The summed E-state index contributed by atoms with van der Waals surface area (Å²) >= 11 is 0. The quantitative estimate of drug-likeness (QED) is 0.598. The fourth-order valence-electron chi connectivity index (χ4n) is 0.200. The van der Waals surface area contributed by atoms with Gasteiger partial charge >= 0.3 is 5.97 Å². The van der Waals surface area contributed by atoms with E-state index in [1.54, 1.807) is 6.92 Å². The third-order valence-electron chi connectivity index (χ3n) is 0.414. The number of ether oxygens (including phenoxy) is 1. The average molecular weight is 172 g/mol. The van der Waals surface area contributed by atoms with Gasteiger partial charge in [0.1, 0.15) is 0 Å². The zero-order chi connectivity index (χ0) is 7.70. The number of alkyl halides is 2. The number of rotatable bonds is 2. The van der Waals surface area contributed by atoms with E-state index in [4.69, 9.17) is 0 Å². The minimum Gasteiger partial charge on any atom is -0.464 e. The average Bonchev–Trinajstić information content (AvgIpc) is 1.93. The van der Waals surface area contributed by atoms with Gasteiger partial charge in [0.25, 0.3) is 0 Å². The fraction of sp³-hybridized carbons (Fsp3) is 0.857. The first kappa shape index (κ1) is 22.4. The monoisotopic (exact) mass is 172 g/mol. The maximum Gasteiger partial charge on any atom is 0.337 e. The molecule has 0 aromatic heterocycles. The smallest absolute Gasteiger partial charge is 0.337 e. The number of carbonyl (C=O) groups excluding carboxylic acids is 1. The highest BCUT2D eigenvalue weighted by Gasteiger charge is 1.94. The van der Waals surface area contributed by atoms with Crippen LogP contribution in [0.25, 0.3) is 0 Å². The summed E-state index contributed by atoms with van der Waals surface area (Å²) in [4.78, 5) is 9.81. The Morgan fingerprint density at radius 2 is 1.73 bits per heavy atom. The third-order valence-corrected chi connectivity index (χ3v) is 0.414. The largest absolute Gasteiger partial charge is 0.464 e. The van der Waals surface area contributed by atoms with Crippen molar-refractivity contribution < 1.29 is 18.3 Å².